The highest BCUT2D eigenvalue weighted by Gasteiger charge is 2.09. The summed E-state index contributed by atoms with van der Waals surface area (Å²) < 4.78 is 0. The molecule has 0 spiro atoms. The summed E-state index contributed by atoms with van der Waals surface area (Å²) in [6, 6.07) is 15.4. The summed E-state index contributed by atoms with van der Waals surface area (Å²) >= 11 is 0. The summed E-state index contributed by atoms with van der Waals surface area (Å²) in [5.41, 5.74) is 4.50. The van der Waals surface area contributed by atoms with Crippen molar-refractivity contribution in [1.82, 2.24) is 9.97 Å². The molecule has 5 nitrogen and oxygen atoms in total. The Morgan fingerprint density at radius 2 is 1.92 bits per heavy atom. The van der Waals surface area contributed by atoms with Crippen molar-refractivity contribution in [1.29, 1.82) is 0 Å². The van der Waals surface area contributed by atoms with E-state index in [0.29, 0.717) is 5.69 Å². The standard InChI is InChI=1S/C21H22N4O/c1-16-4-3-5-18(14-16)24-21(26)20-7-6-19(15-23-20)25(2)13-10-17-8-11-22-12-9-17/h3-9,11-12,14-15H,10,13H2,1-2H3,(H,24,26). The number of aromatic nitrogens is 2. The van der Waals surface area contributed by atoms with Crippen molar-refractivity contribution in [2.45, 2.75) is 13.3 Å². The molecule has 132 valence electrons. The zero-order valence-electron chi connectivity index (χ0n) is 15.0. The van der Waals surface area contributed by atoms with Crippen LogP contribution in [0.2, 0.25) is 0 Å². The molecule has 0 unspecified atom stereocenters. The molecule has 1 amide bonds. The van der Waals surface area contributed by atoms with Crippen LogP contribution in [0.3, 0.4) is 0 Å². The number of nitrogens with zero attached hydrogens (tertiary/aromatic N) is 3. The van der Waals surface area contributed by atoms with Gasteiger partial charge >= 0.3 is 0 Å². The van der Waals surface area contributed by atoms with E-state index >= 15 is 0 Å². The van der Waals surface area contributed by atoms with Gasteiger partial charge in [-0.25, -0.2) is 4.98 Å². The number of rotatable bonds is 6. The van der Waals surface area contributed by atoms with Gasteiger partial charge in [0.1, 0.15) is 5.69 Å². The van der Waals surface area contributed by atoms with E-state index in [2.05, 4.69) is 20.2 Å². The van der Waals surface area contributed by atoms with E-state index in [-0.39, 0.29) is 5.91 Å². The maximum atomic E-state index is 12.3. The second kappa shape index (κ2) is 8.25. The lowest BCUT2D eigenvalue weighted by atomic mass is 10.2. The van der Waals surface area contributed by atoms with Gasteiger partial charge in [0.2, 0.25) is 0 Å². The van der Waals surface area contributed by atoms with Gasteiger partial charge in [0, 0.05) is 31.7 Å². The highest BCUT2D eigenvalue weighted by Crippen LogP contribution is 2.14. The molecule has 26 heavy (non-hydrogen) atoms. The summed E-state index contributed by atoms with van der Waals surface area (Å²) in [5, 5.41) is 2.87. The van der Waals surface area contributed by atoms with Gasteiger partial charge in [0.05, 0.1) is 11.9 Å². The number of carbonyl (C=O) groups excluding carboxylic acids is 1. The van der Waals surface area contributed by atoms with Gasteiger partial charge in [0.15, 0.2) is 0 Å². The molecule has 0 aliphatic heterocycles. The number of amides is 1. The van der Waals surface area contributed by atoms with Crippen molar-refractivity contribution >= 4 is 17.3 Å². The van der Waals surface area contributed by atoms with Crippen molar-refractivity contribution in [2.24, 2.45) is 0 Å². The van der Waals surface area contributed by atoms with Gasteiger partial charge < -0.3 is 10.2 Å². The smallest absolute Gasteiger partial charge is 0.274 e. The second-order valence-corrected chi connectivity index (χ2v) is 6.25. The first-order chi connectivity index (χ1) is 12.6. The molecular formula is C21H22N4O. The molecule has 0 fully saturated rings. The minimum Gasteiger partial charge on any atom is -0.373 e. The first-order valence-electron chi connectivity index (χ1n) is 8.56. The van der Waals surface area contributed by atoms with Crippen molar-refractivity contribution in [2.75, 3.05) is 23.8 Å². The third-order valence-corrected chi connectivity index (χ3v) is 4.18. The third-order valence-electron chi connectivity index (χ3n) is 4.18. The normalized spacial score (nSPS) is 10.4. The van der Waals surface area contributed by atoms with Crippen LogP contribution in [0.4, 0.5) is 11.4 Å². The van der Waals surface area contributed by atoms with Gasteiger partial charge in [0.25, 0.3) is 5.91 Å². The molecule has 3 rings (SSSR count). The highest BCUT2D eigenvalue weighted by molar-refractivity contribution is 6.02. The number of hydrogen-bond acceptors (Lipinski definition) is 4. The van der Waals surface area contributed by atoms with Crippen LogP contribution < -0.4 is 10.2 Å². The molecule has 0 aliphatic rings. The van der Waals surface area contributed by atoms with E-state index in [1.165, 1.54) is 5.56 Å². The average molecular weight is 346 g/mol. The van der Waals surface area contributed by atoms with E-state index in [9.17, 15) is 4.79 Å². The van der Waals surface area contributed by atoms with E-state index < -0.39 is 0 Å². The minimum absolute atomic E-state index is 0.207. The van der Waals surface area contributed by atoms with Gasteiger partial charge in [-0.3, -0.25) is 9.78 Å². The Bertz CT molecular complexity index is 863. The maximum absolute atomic E-state index is 12.3. The Kier molecular flexibility index (Phi) is 5.59. The molecule has 3 aromatic rings. The van der Waals surface area contributed by atoms with Crippen LogP contribution in [0.25, 0.3) is 0 Å². The first kappa shape index (κ1) is 17.6. The molecule has 1 N–H and O–H groups in total. The molecule has 2 aromatic heterocycles. The SMILES string of the molecule is Cc1cccc(NC(=O)c2ccc(N(C)CCc3ccncc3)cn2)c1. The molecule has 0 saturated heterocycles. The number of pyridine rings is 2. The van der Waals surface area contributed by atoms with Crippen molar-refractivity contribution in [3.63, 3.8) is 0 Å². The number of likely N-dealkylation sites (N-methyl/N-ethyl adjacent to an activating group) is 1. The predicted molar refractivity (Wildman–Crippen MR) is 105 cm³/mol. The van der Waals surface area contributed by atoms with Crippen LogP contribution in [0, 0.1) is 6.92 Å². The Morgan fingerprint density at radius 1 is 1.12 bits per heavy atom. The number of aryl methyl sites for hydroxylation is 1. The quantitative estimate of drug-likeness (QED) is 0.739. The Balaban J connectivity index is 1.59. The van der Waals surface area contributed by atoms with Crippen molar-refractivity contribution in [3.8, 4) is 0 Å². The summed E-state index contributed by atoms with van der Waals surface area (Å²) in [7, 11) is 2.02. The summed E-state index contributed by atoms with van der Waals surface area (Å²) in [6.45, 7) is 2.85. The zero-order valence-corrected chi connectivity index (χ0v) is 15.0. The molecular weight excluding hydrogens is 324 g/mol. The molecule has 0 radical (unpaired) electrons. The van der Waals surface area contributed by atoms with Gasteiger partial charge in [-0.05, 0) is 60.9 Å². The van der Waals surface area contributed by atoms with Crippen LogP contribution in [0.15, 0.2) is 67.1 Å². The fourth-order valence-electron chi connectivity index (χ4n) is 2.64. The van der Waals surface area contributed by atoms with Crippen LogP contribution >= 0.6 is 0 Å². The predicted octanol–water partition coefficient (Wildman–Crippen LogP) is 3.72. The van der Waals surface area contributed by atoms with Gasteiger partial charge in [-0.2, -0.15) is 0 Å². The summed E-state index contributed by atoms with van der Waals surface area (Å²) in [6.07, 6.45) is 6.27. The number of anilines is 2. The van der Waals surface area contributed by atoms with E-state index in [0.717, 1.165) is 29.9 Å². The second-order valence-electron chi connectivity index (χ2n) is 6.25. The molecule has 2 heterocycles. The molecule has 0 atom stereocenters. The van der Waals surface area contributed by atoms with Crippen LogP contribution in [-0.4, -0.2) is 29.5 Å². The average Bonchev–Trinajstić information content (AvgIpc) is 2.67. The summed E-state index contributed by atoms with van der Waals surface area (Å²) in [5.74, 6) is -0.207. The number of nitrogens with one attached hydrogen (secondary N) is 1. The fourth-order valence-corrected chi connectivity index (χ4v) is 2.64. The Hall–Kier alpha value is -3.21. The van der Waals surface area contributed by atoms with Gasteiger partial charge in [-0.1, -0.05) is 12.1 Å². The largest absolute Gasteiger partial charge is 0.373 e. The van der Waals surface area contributed by atoms with E-state index in [4.69, 9.17) is 0 Å². The third kappa shape index (κ3) is 4.66. The number of hydrogen-bond donors (Lipinski definition) is 1. The summed E-state index contributed by atoms with van der Waals surface area (Å²) in [4.78, 5) is 22.8. The lowest BCUT2D eigenvalue weighted by molar-refractivity contribution is 0.102. The van der Waals surface area contributed by atoms with Gasteiger partial charge in [-0.15, -0.1) is 0 Å². The monoisotopic (exact) mass is 346 g/mol. The molecule has 5 heteroatoms. The maximum Gasteiger partial charge on any atom is 0.274 e. The Morgan fingerprint density at radius 3 is 2.62 bits per heavy atom. The van der Waals surface area contributed by atoms with E-state index in [1.54, 1.807) is 24.7 Å². The molecule has 1 aromatic carbocycles. The molecule has 0 aliphatic carbocycles. The lowest BCUT2D eigenvalue weighted by Crippen LogP contribution is -2.21. The first-order valence-corrected chi connectivity index (χ1v) is 8.56. The van der Waals surface area contributed by atoms with Crippen LogP contribution in [-0.2, 0) is 6.42 Å². The highest BCUT2D eigenvalue weighted by atomic mass is 16.1. The molecule has 0 saturated carbocycles. The zero-order chi connectivity index (χ0) is 18.4. The van der Waals surface area contributed by atoms with E-state index in [1.807, 2.05) is 56.4 Å². The fraction of sp³-hybridized carbons (Fsp3) is 0.190. The topological polar surface area (TPSA) is 58.1 Å². The van der Waals surface area contributed by atoms with Crippen molar-refractivity contribution < 1.29 is 4.79 Å². The molecule has 0 bridgehead atoms. The minimum atomic E-state index is -0.207. The number of benzene rings is 1. The van der Waals surface area contributed by atoms with Crippen LogP contribution in [0.1, 0.15) is 21.6 Å². The van der Waals surface area contributed by atoms with Crippen LogP contribution in [0.5, 0.6) is 0 Å². The van der Waals surface area contributed by atoms with Crippen molar-refractivity contribution in [3.05, 3.63) is 83.9 Å². The number of carbonyl (C=O) groups is 1. The lowest BCUT2D eigenvalue weighted by Gasteiger charge is -2.19. The Labute approximate surface area is 153 Å².